The molecule has 0 spiro atoms. The minimum Gasteiger partial charge on any atom is -0.490 e. The number of carbonyl (C=O) groups excluding carboxylic acids is 1. The number of hydrazine groups is 1. The molecule has 0 bridgehead atoms. The molecule has 22 heavy (non-hydrogen) atoms. The Bertz CT molecular complexity index is 649. The molecule has 1 heterocycles. The van der Waals surface area contributed by atoms with E-state index in [0.29, 0.717) is 11.7 Å². The zero-order valence-electron chi connectivity index (χ0n) is 12.3. The van der Waals surface area contributed by atoms with Crippen molar-refractivity contribution >= 4 is 5.91 Å². The lowest BCUT2D eigenvalue weighted by atomic mass is 10.1. The lowest BCUT2D eigenvalue weighted by molar-refractivity contribution is 0.0953. The first-order chi connectivity index (χ1) is 10.8. The highest BCUT2D eigenvalue weighted by Crippen LogP contribution is 2.26. The molecule has 0 aliphatic heterocycles. The van der Waals surface area contributed by atoms with E-state index in [1.54, 1.807) is 12.3 Å². The summed E-state index contributed by atoms with van der Waals surface area (Å²) in [7, 11) is 0. The first kappa shape index (κ1) is 14.5. The largest absolute Gasteiger partial charge is 0.490 e. The lowest BCUT2D eigenvalue weighted by Crippen LogP contribution is -2.30. The molecule has 1 aromatic heterocycles. The van der Waals surface area contributed by atoms with Crippen LogP contribution in [0.3, 0.4) is 0 Å². The summed E-state index contributed by atoms with van der Waals surface area (Å²) < 4.78 is 5.95. The van der Waals surface area contributed by atoms with Crippen LogP contribution in [0, 0.1) is 0 Å². The molecule has 0 radical (unpaired) electrons. The van der Waals surface area contributed by atoms with E-state index in [1.165, 1.54) is 19.0 Å². The number of carbonyl (C=O) groups is 1. The number of nitrogens with two attached hydrogens (primary N) is 1. The van der Waals surface area contributed by atoms with Gasteiger partial charge >= 0.3 is 0 Å². The highest BCUT2D eigenvalue weighted by atomic mass is 16.5. The number of ether oxygens (including phenoxy) is 1. The number of benzene rings is 1. The van der Waals surface area contributed by atoms with Crippen LogP contribution in [0.15, 0.2) is 42.7 Å². The molecule has 1 saturated carbocycles. The van der Waals surface area contributed by atoms with Gasteiger partial charge in [0, 0.05) is 18.0 Å². The van der Waals surface area contributed by atoms with Gasteiger partial charge in [0.25, 0.3) is 5.91 Å². The topological polar surface area (TPSA) is 77.2 Å². The second kappa shape index (κ2) is 6.58. The van der Waals surface area contributed by atoms with Crippen LogP contribution in [-0.2, 0) is 0 Å². The number of nitrogens with zero attached hydrogens (tertiary/aromatic N) is 1. The summed E-state index contributed by atoms with van der Waals surface area (Å²) in [5.74, 6) is 5.68. The Kier molecular flexibility index (Phi) is 4.34. The molecule has 0 saturated heterocycles. The molecule has 0 unspecified atom stereocenters. The summed E-state index contributed by atoms with van der Waals surface area (Å²) in [4.78, 5) is 15.6. The number of rotatable bonds is 4. The van der Waals surface area contributed by atoms with Crippen LogP contribution in [0.25, 0.3) is 11.1 Å². The fraction of sp³-hybridized carbons (Fsp3) is 0.294. The van der Waals surface area contributed by atoms with Gasteiger partial charge in [-0.3, -0.25) is 15.2 Å². The quantitative estimate of drug-likeness (QED) is 0.517. The number of hydrogen-bond acceptors (Lipinski definition) is 4. The maximum Gasteiger partial charge on any atom is 0.266 e. The van der Waals surface area contributed by atoms with Crippen molar-refractivity contribution in [2.45, 2.75) is 31.8 Å². The van der Waals surface area contributed by atoms with Gasteiger partial charge in [0.1, 0.15) is 5.75 Å². The molecule has 5 heteroatoms. The summed E-state index contributed by atoms with van der Waals surface area (Å²) in [6.45, 7) is 0. The fourth-order valence-corrected chi connectivity index (χ4v) is 2.73. The van der Waals surface area contributed by atoms with Crippen LogP contribution in [-0.4, -0.2) is 17.0 Å². The standard InChI is InChI=1S/C17H19N3O2/c18-20-17(21)14-9-13(10-19-11-14)12-5-7-16(8-6-12)22-15-3-1-2-4-15/h5-11,15H,1-4,18H2,(H,20,21). The first-order valence-electron chi connectivity index (χ1n) is 7.49. The molecule has 1 amide bonds. The van der Waals surface area contributed by atoms with Gasteiger partial charge in [-0.1, -0.05) is 12.1 Å². The number of nitrogen functional groups attached to an aromatic ring is 1. The third kappa shape index (κ3) is 3.26. The Morgan fingerprint density at radius 2 is 1.86 bits per heavy atom. The van der Waals surface area contributed by atoms with E-state index in [9.17, 15) is 4.79 Å². The van der Waals surface area contributed by atoms with Crippen molar-refractivity contribution in [3.8, 4) is 16.9 Å². The van der Waals surface area contributed by atoms with Gasteiger partial charge in [0.05, 0.1) is 11.7 Å². The molecular formula is C17H19N3O2. The zero-order chi connectivity index (χ0) is 15.4. The number of pyridine rings is 1. The van der Waals surface area contributed by atoms with Crippen LogP contribution in [0.1, 0.15) is 36.0 Å². The average Bonchev–Trinajstić information content (AvgIpc) is 3.08. The van der Waals surface area contributed by atoms with E-state index >= 15 is 0 Å². The van der Waals surface area contributed by atoms with Gasteiger partial charge in [-0.2, -0.15) is 0 Å². The first-order valence-corrected chi connectivity index (χ1v) is 7.49. The van der Waals surface area contributed by atoms with Gasteiger partial charge in [-0.15, -0.1) is 0 Å². The van der Waals surface area contributed by atoms with Gasteiger partial charge in [-0.25, -0.2) is 5.84 Å². The Balaban J connectivity index is 1.76. The lowest BCUT2D eigenvalue weighted by Gasteiger charge is -2.13. The predicted octanol–water partition coefficient (Wildman–Crippen LogP) is 2.67. The molecule has 5 nitrogen and oxygen atoms in total. The van der Waals surface area contributed by atoms with Crippen molar-refractivity contribution in [3.63, 3.8) is 0 Å². The molecule has 3 N–H and O–H groups in total. The normalized spacial score (nSPS) is 14.8. The summed E-state index contributed by atoms with van der Waals surface area (Å²) >= 11 is 0. The highest BCUT2D eigenvalue weighted by Gasteiger charge is 2.16. The Labute approximate surface area is 129 Å². The Morgan fingerprint density at radius 3 is 2.55 bits per heavy atom. The number of aromatic nitrogens is 1. The summed E-state index contributed by atoms with van der Waals surface area (Å²) in [5.41, 5.74) is 4.40. The minimum absolute atomic E-state index is 0.351. The van der Waals surface area contributed by atoms with Crippen LogP contribution in [0.4, 0.5) is 0 Å². The van der Waals surface area contributed by atoms with Gasteiger partial charge in [0.2, 0.25) is 0 Å². The highest BCUT2D eigenvalue weighted by molar-refractivity contribution is 5.94. The number of hydrogen-bond donors (Lipinski definition) is 2. The molecule has 114 valence electrons. The molecule has 1 aliphatic rings. The van der Waals surface area contributed by atoms with E-state index < -0.39 is 0 Å². The second-order valence-corrected chi connectivity index (χ2v) is 5.48. The van der Waals surface area contributed by atoms with Crippen molar-refractivity contribution in [1.29, 1.82) is 0 Å². The van der Waals surface area contributed by atoms with Crippen molar-refractivity contribution in [2.75, 3.05) is 0 Å². The molecule has 2 aromatic rings. The molecule has 3 rings (SSSR count). The monoisotopic (exact) mass is 297 g/mol. The van der Waals surface area contributed by atoms with E-state index in [-0.39, 0.29) is 5.91 Å². The van der Waals surface area contributed by atoms with Crippen molar-refractivity contribution in [3.05, 3.63) is 48.3 Å². The maximum atomic E-state index is 11.5. The van der Waals surface area contributed by atoms with E-state index in [4.69, 9.17) is 10.6 Å². The van der Waals surface area contributed by atoms with E-state index in [2.05, 4.69) is 10.4 Å². The number of nitrogens with one attached hydrogen (secondary N) is 1. The number of amides is 1. The third-order valence-electron chi connectivity index (χ3n) is 3.92. The fourth-order valence-electron chi connectivity index (χ4n) is 2.73. The second-order valence-electron chi connectivity index (χ2n) is 5.48. The third-order valence-corrected chi connectivity index (χ3v) is 3.92. The molecule has 1 aliphatic carbocycles. The Morgan fingerprint density at radius 1 is 1.14 bits per heavy atom. The van der Waals surface area contributed by atoms with E-state index in [1.807, 2.05) is 24.3 Å². The SMILES string of the molecule is NNC(=O)c1cncc(-c2ccc(OC3CCCC3)cc2)c1. The molecule has 1 fully saturated rings. The van der Waals surface area contributed by atoms with Crippen molar-refractivity contribution in [2.24, 2.45) is 5.84 Å². The average molecular weight is 297 g/mol. The van der Waals surface area contributed by atoms with Crippen molar-refractivity contribution < 1.29 is 9.53 Å². The smallest absolute Gasteiger partial charge is 0.266 e. The van der Waals surface area contributed by atoms with Crippen molar-refractivity contribution in [1.82, 2.24) is 10.4 Å². The van der Waals surface area contributed by atoms with Crippen LogP contribution >= 0.6 is 0 Å². The predicted molar refractivity (Wildman–Crippen MR) is 84.2 cm³/mol. The minimum atomic E-state index is -0.351. The van der Waals surface area contributed by atoms with Gasteiger partial charge in [-0.05, 0) is 49.4 Å². The summed E-state index contributed by atoms with van der Waals surface area (Å²) in [5, 5.41) is 0. The van der Waals surface area contributed by atoms with Crippen LogP contribution in [0.2, 0.25) is 0 Å². The summed E-state index contributed by atoms with van der Waals surface area (Å²) in [6.07, 6.45) is 8.35. The molecule has 0 atom stereocenters. The molecule has 1 aromatic carbocycles. The van der Waals surface area contributed by atoms with Gasteiger partial charge < -0.3 is 4.74 Å². The van der Waals surface area contributed by atoms with Crippen LogP contribution < -0.4 is 16.0 Å². The van der Waals surface area contributed by atoms with E-state index in [0.717, 1.165) is 29.7 Å². The Hall–Kier alpha value is -2.40. The molecular weight excluding hydrogens is 278 g/mol. The van der Waals surface area contributed by atoms with Gasteiger partial charge in [0.15, 0.2) is 0 Å². The van der Waals surface area contributed by atoms with Crippen LogP contribution in [0.5, 0.6) is 5.75 Å². The zero-order valence-corrected chi connectivity index (χ0v) is 12.3. The summed E-state index contributed by atoms with van der Waals surface area (Å²) in [6, 6.07) is 9.64. The maximum absolute atomic E-state index is 11.5.